The number of benzene rings is 1. The molecular formula is C11H13BrN2O. The Hall–Kier alpha value is -1.05. The molecule has 1 aromatic carbocycles. The van der Waals surface area contributed by atoms with Gasteiger partial charge in [0, 0.05) is 17.3 Å². The molecule has 0 saturated carbocycles. The van der Waals surface area contributed by atoms with Gasteiger partial charge >= 0.3 is 0 Å². The largest absolute Gasteiger partial charge is 0.381 e. The van der Waals surface area contributed by atoms with Crippen molar-refractivity contribution in [1.82, 2.24) is 0 Å². The Labute approximate surface area is 98.2 Å². The van der Waals surface area contributed by atoms with Crippen molar-refractivity contribution < 1.29 is 4.74 Å². The van der Waals surface area contributed by atoms with Crippen molar-refractivity contribution in [1.29, 1.82) is 5.26 Å². The minimum atomic E-state index is -0.692. The molecule has 1 aromatic rings. The van der Waals surface area contributed by atoms with Crippen LogP contribution in [0.15, 0.2) is 28.7 Å². The third-order valence-electron chi connectivity index (χ3n) is 1.94. The molecule has 0 heterocycles. The highest BCUT2D eigenvalue weighted by molar-refractivity contribution is 9.10. The highest BCUT2D eigenvalue weighted by Crippen LogP contribution is 2.18. The van der Waals surface area contributed by atoms with E-state index in [1.165, 1.54) is 0 Å². The molecule has 1 atom stereocenters. The average molecular weight is 269 g/mol. The number of ether oxygens (including phenoxy) is 1. The first kappa shape index (κ1) is 12.0. The number of anilines is 1. The van der Waals surface area contributed by atoms with Gasteiger partial charge in [-0.15, -0.1) is 0 Å². The van der Waals surface area contributed by atoms with Gasteiger partial charge < -0.3 is 10.1 Å². The molecule has 1 unspecified atom stereocenters. The lowest BCUT2D eigenvalue weighted by Crippen LogP contribution is -2.37. The summed E-state index contributed by atoms with van der Waals surface area (Å²) >= 11 is 3.36. The minimum absolute atomic E-state index is 0.347. The fourth-order valence-corrected chi connectivity index (χ4v) is 1.50. The summed E-state index contributed by atoms with van der Waals surface area (Å²) in [6.07, 6.45) is 0. The molecule has 0 aliphatic carbocycles. The molecule has 1 rings (SSSR count). The lowest BCUT2D eigenvalue weighted by Gasteiger charge is -2.23. The van der Waals surface area contributed by atoms with Gasteiger partial charge in [0.2, 0.25) is 0 Å². The van der Waals surface area contributed by atoms with Crippen LogP contribution in [0.4, 0.5) is 5.69 Å². The fraction of sp³-hybridized carbons (Fsp3) is 0.364. The molecule has 0 saturated heterocycles. The maximum atomic E-state index is 9.03. The highest BCUT2D eigenvalue weighted by atomic mass is 79.9. The second-order valence-electron chi connectivity index (χ2n) is 3.51. The third-order valence-corrected chi connectivity index (χ3v) is 2.47. The van der Waals surface area contributed by atoms with Gasteiger partial charge in [0.15, 0.2) is 0 Å². The molecule has 15 heavy (non-hydrogen) atoms. The predicted octanol–water partition coefficient (Wildman–Crippen LogP) is 2.79. The first-order valence-corrected chi connectivity index (χ1v) is 5.33. The van der Waals surface area contributed by atoms with Crippen LogP contribution in [-0.4, -0.2) is 19.3 Å². The Morgan fingerprint density at radius 2 is 2.07 bits per heavy atom. The second kappa shape index (κ2) is 5.15. The van der Waals surface area contributed by atoms with Crippen LogP contribution in [0, 0.1) is 11.3 Å². The van der Waals surface area contributed by atoms with Crippen LogP contribution >= 0.6 is 15.9 Å². The van der Waals surface area contributed by atoms with Gasteiger partial charge in [-0.05, 0) is 31.2 Å². The first-order chi connectivity index (χ1) is 7.09. The van der Waals surface area contributed by atoms with Gasteiger partial charge in [-0.3, -0.25) is 0 Å². The van der Waals surface area contributed by atoms with Crippen molar-refractivity contribution in [2.75, 3.05) is 19.0 Å². The van der Waals surface area contributed by atoms with Gasteiger partial charge in [-0.2, -0.15) is 5.26 Å². The van der Waals surface area contributed by atoms with Gasteiger partial charge in [-0.25, -0.2) is 0 Å². The van der Waals surface area contributed by atoms with Crippen molar-refractivity contribution in [3.05, 3.63) is 28.7 Å². The molecule has 0 aliphatic rings. The lowest BCUT2D eigenvalue weighted by molar-refractivity contribution is 0.171. The van der Waals surface area contributed by atoms with E-state index in [0.29, 0.717) is 6.61 Å². The number of nitrogens with zero attached hydrogens (tertiary/aromatic N) is 1. The minimum Gasteiger partial charge on any atom is -0.381 e. The summed E-state index contributed by atoms with van der Waals surface area (Å²) in [6.45, 7) is 2.15. The Balaban J connectivity index is 2.76. The van der Waals surface area contributed by atoms with Crippen molar-refractivity contribution in [3.8, 4) is 6.07 Å². The van der Waals surface area contributed by atoms with Gasteiger partial charge in [-0.1, -0.05) is 15.9 Å². The maximum Gasteiger partial charge on any atom is 0.146 e. The zero-order valence-electron chi connectivity index (χ0n) is 8.75. The molecule has 0 bridgehead atoms. The Kier molecular flexibility index (Phi) is 4.13. The summed E-state index contributed by atoms with van der Waals surface area (Å²) in [5.74, 6) is 0. The van der Waals surface area contributed by atoms with E-state index in [0.717, 1.165) is 10.2 Å². The quantitative estimate of drug-likeness (QED) is 0.914. The maximum absolute atomic E-state index is 9.03. The molecule has 0 aliphatic heterocycles. The fourth-order valence-electron chi connectivity index (χ4n) is 1.24. The first-order valence-electron chi connectivity index (χ1n) is 4.53. The van der Waals surface area contributed by atoms with Crippen LogP contribution in [-0.2, 0) is 4.74 Å². The van der Waals surface area contributed by atoms with Crippen molar-refractivity contribution >= 4 is 21.6 Å². The van der Waals surface area contributed by atoms with Crippen LogP contribution < -0.4 is 5.32 Å². The van der Waals surface area contributed by atoms with Crippen LogP contribution in [0.3, 0.4) is 0 Å². The Morgan fingerprint density at radius 3 is 2.53 bits per heavy atom. The monoisotopic (exact) mass is 268 g/mol. The van der Waals surface area contributed by atoms with E-state index in [1.807, 2.05) is 24.3 Å². The second-order valence-corrected chi connectivity index (χ2v) is 4.42. The SMILES string of the molecule is COCC(C)(C#N)Nc1ccc(Br)cc1. The number of nitrogens with one attached hydrogen (secondary N) is 1. The molecule has 0 radical (unpaired) electrons. The predicted molar refractivity (Wildman–Crippen MR) is 63.7 cm³/mol. The number of hydrogen-bond acceptors (Lipinski definition) is 3. The number of halogens is 1. The van der Waals surface area contributed by atoms with E-state index in [9.17, 15) is 0 Å². The normalized spacial score (nSPS) is 14.0. The lowest BCUT2D eigenvalue weighted by atomic mass is 10.1. The highest BCUT2D eigenvalue weighted by Gasteiger charge is 2.23. The van der Waals surface area contributed by atoms with E-state index >= 15 is 0 Å². The van der Waals surface area contributed by atoms with Gasteiger partial charge in [0.05, 0.1) is 12.7 Å². The third kappa shape index (κ3) is 3.54. The number of rotatable bonds is 4. The summed E-state index contributed by atoms with van der Waals surface area (Å²) < 4.78 is 6.01. The molecule has 0 spiro atoms. The zero-order valence-corrected chi connectivity index (χ0v) is 10.3. The van der Waals surface area contributed by atoms with Crippen LogP contribution in [0.1, 0.15) is 6.92 Å². The summed E-state index contributed by atoms with van der Waals surface area (Å²) in [4.78, 5) is 0. The van der Waals surface area contributed by atoms with Crippen molar-refractivity contribution in [2.24, 2.45) is 0 Å². The summed E-state index contributed by atoms with van der Waals surface area (Å²) in [7, 11) is 1.58. The van der Waals surface area contributed by atoms with E-state index < -0.39 is 5.54 Å². The average Bonchev–Trinajstić information content (AvgIpc) is 2.22. The van der Waals surface area contributed by atoms with E-state index in [1.54, 1.807) is 14.0 Å². The molecule has 4 heteroatoms. The van der Waals surface area contributed by atoms with Crippen molar-refractivity contribution in [2.45, 2.75) is 12.5 Å². The van der Waals surface area contributed by atoms with Crippen LogP contribution in [0.2, 0.25) is 0 Å². The number of methoxy groups -OCH3 is 1. The number of hydrogen-bond donors (Lipinski definition) is 1. The smallest absolute Gasteiger partial charge is 0.146 e. The van der Waals surface area contributed by atoms with E-state index in [2.05, 4.69) is 27.3 Å². The van der Waals surface area contributed by atoms with Crippen LogP contribution in [0.5, 0.6) is 0 Å². The van der Waals surface area contributed by atoms with Gasteiger partial charge in [0.25, 0.3) is 0 Å². The molecule has 1 N–H and O–H groups in total. The summed E-state index contributed by atoms with van der Waals surface area (Å²) in [5, 5.41) is 12.2. The van der Waals surface area contributed by atoms with Gasteiger partial charge in [0.1, 0.15) is 5.54 Å². The Morgan fingerprint density at radius 1 is 1.47 bits per heavy atom. The summed E-state index contributed by atoms with van der Waals surface area (Å²) in [5.41, 5.74) is 0.210. The van der Waals surface area contributed by atoms with E-state index in [-0.39, 0.29) is 0 Å². The van der Waals surface area contributed by atoms with Crippen molar-refractivity contribution in [3.63, 3.8) is 0 Å². The standard InChI is InChI=1S/C11H13BrN2O/c1-11(7-13,8-15-2)14-10-5-3-9(12)4-6-10/h3-6,14H,8H2,1-2H3. The zero-order chi connectivity index (χ0) is 11.3. The Bertz CT molecular complexity index is 358. The topological polar surface area (TPSA) is 45.0 Å². The molecular weight excluding hydrogens is 256 g/mol. The molecule has 80 valence electrons. The molecule has 0 aromatic heterocycles. The van der Waals surface area contributed by atoms with E-state index in [4.69, 9.17) is 10.00 Å². The number of nitriles is 1. The molecule has 0 fully saturated rings. The summed E-state index contributed by atoms with van der Waals surface area (Å²) in [6, 6.07) is 9.87. The van der Waals surface area contributed by atoms with Crippen LogP contribution in [0.25, 0.3) is 0 Å². The molecule has 3 nitrogen and oxygen atoms in total. The molecule has 0 amide bonds.